The molecule has 1 saturated heterocycles. The number of hydrogen-bond acceptors (Lipinski definition) is 3. The van der Waals surface area contributed by atoms with E-state index >= 15 is 0 Å². The number of amides is 1. The Bertz CT molecular complexity index is 790. The minimum absolute atomic E-state index is 0.0913. The Morgan fingerprint density at radius 3 is 2.40 bits per heavy atom. The molecule has 0 atom stereocenters. The van der Waals surface area contributed by atoms with E-state index in [0.717, 1.165) is 12.3 Å². The molecule has 2 heterocycles. The summed E-state index contributed by atoms with van der Waals surface area (Å²) in [7, 11) is 0. The summed E-state index contributed by atoms with van der Waals surface area (Å²) in [6.07, 6.45) is -3.76. The average Bonchev–Trinajstić information content (AvgIpc) is 2.48. The van der Waals surface area contributed by atoms with Gasteiger partial charge in [0.1, 0.15) is 5.82 Å². The molecular formula is C16H12Cl2F3N3O. The van der Waals surface area contributed by atoms with E-state index in [-0.39, 0.29) is 22.7 Å². The smallest absolute Gasteiger partial charge is 0.354 e. The SMILES string of the molecule is O=C(Nc1ccc(Cl)cc1)C1CN(c2ncc(C(F)(F)F)cc2Cl)C1. The molecule has 1 aliphatic heterocycles. The topological polar surface area (TPSA) is 45.2 Å². The minimum atomic E-state index is -4.49. The Labute approximate surface area is 151 Å². The van der Waals surface area contributed by atoms with Crippen LogP contribution in [0.4, 0.5) is 24.7 Å². The summed E-state index contributed by atoms with van der Waals surface area (Å²) in [6, 6.07) is 7.53. The predicted octanol–water partition coefficient (Wildman–Crippen LogP) is 4.48. The summed E-state index contributed by atoms with van der Waals surface area (Å²) in [5.74, 6) is -0.234. The third kappa shape index (κ3) is 3.99. The number of nitrogens with one attached hydrogen (secondary N) is 1. The molecule has 0 spiro atoms. The highest BCUT2D eigenvalue weighted by Crippen LogP contribution is 2.35. The highest BCUT2D eigenvalue weighted by atomic mass is 35.5. The molecule has 1 aromatic carbocycles. The second-order valence-electron chi connectivity index (χ2n) is 5.63. The van der Waals surface area contributed by atoms with Gasteiger partial charge in [-0.05, 0) is 30.3 Å². The van der Waals surface area contributed by atoms with Crippen LogP contribution in [0.1, 0.15) is 5.56 Å². The highest BCUT2D eigenvalue weighted by molar-refractivity contribution is 6.33. The quantitative estimate of drug-likeness (QED) is 0.841. The lowest BCUT2D eigenvalue weighted by atomic mass is 9.99. The molecule has 0 bridgehead atoms. The highest BCUT2D eigenvalue weighted by Gasteiger charge is 2.36. The van der Waals surface area contributed by atoms with Crippen LogP contribution in [0, 0.1) is 5.92 Å². The molecule has 0 radical (unpaired) electrons. The fourth-order valence-corrected chi connectivity index (χ4v) is 2.83. The van der Waals surface area contributed by atoms with Crippen molar-refractivity contribution in [3.63, 3.8) is 0 Å². The third-order valence-corrected chi connectivity index (χ3v) is 4.34. The van der Waals surface area contributed by atoms with Gasteiger partial charge in [0.25, 0.3) is 0 Å². The lowest BCUT2D eigenvalue weighted by molar-refractivity contribution is -0.137. The third-order valence-electron chi connectivity index (χ3n) is 3.81. The van der Waals surface area contributed by atoms with Gasteiger partial charge in [-0.2, -0.15) is 13.2 Å². The van der Waals surface area contributed by atoms with Gasteiger partial charge in [0.2, 0.25) is 5.91 Å². The van der Waals surface area contributed by atoms with Crippen LogP contribution in [-0.4, -0.2) is 24.0 Å². The number of aromatic nitrogens is 1. The molecule has 4 nitrogen and oxygen atoms in total. The number of carbonyl (C=O) groups excluding carboxylic acids is 1. The Morgan fingerprint density at radius 2 is 1.84 bits per heavy atom. The van der Waals surface area contributed by atoms with E-state index in [1.807, 2.05) is 0 Å². The van der Waals surface area contributed by atoms with E-state index in [4.69, 9.17) is 23.2 Å². The number of benzene rings is 1. The molecule has 132 valence electrons. The Kier molecular flexibility index (Phi) is 4.79. The molecular weight excluding hydrogens is 378 g/mol. The van der Waals surface area contributed by atoms with Crippen molar-refractivity contribution in [1.82, 2.24) is 4.98 Å². The average molecular weight is 390 g/mol. The fraction of sp³-hybridized carbons (Fsp3) is 0.250. The number of carbonyl (C=O) groups is 1. The van der Waals surface area contributed by atoms with Crippen molar-refractivity contribution in [3.05, 3.63) is 52.1 Å². The van der Waals surface area contributed by atoms with E-state index in [9.17, 15) is 18.0 Å². The number of anilines is 2. The standard InChI is InChI=1S/C16H12Cl2F3N3O/c17-11-1-3-12(4-2-11)23-15(25)9-7-24(8-9)14-13(18)5-10(6-22-14)16(19,20)21/h1-6,9H,7-8H2,(H,23,25). The van der Waals surface area contributed by atoms with E-state index in [2.05, 4.69) is 10.3 Å². The maximum Gasteiger partial charge on any atom is 0.417 e. The molecule has 1 aliphatic rings. The molecule has 1 fully saturated rings. The maximum absolute atomic E-state index is 12.6. The lowest BCUT2D eigenvalue weighted by Crippen LogP contribution is -2.52. The largest absolute Gasteiger partial charge is 0.417 e. The van der Waals surface area contributed by atoms with Crippen LogP contribution >= 0.6 is 23.2 Å². The second-order valence-corrected chi connectivity index (χ2v) is 6.47. The lowest BCUT2D eigenvalue weighted by Gasteiger charge is -2.39. The van der Waals surface area contributed by atoms with E-state index in [1.54, 1.807) is 29.2 Å². The first-order chi connectivity index (χ1) is 11.7. The fourth-order valence-electron chi connectivity index (χ4n) is 2.41. The number of alkyl halides is 3. The van der Waals surface area contributed by atoms with Crippen LogP contribution in [-0.2, 0) is 11.0 Å². The molecule has 9 heteroatoms. The Hall–Kier alpha value is -1.99. The second kappa shape index (κ2) is 6.72. The van der Waals surface area contributed by atoms with Gasteiger partial charge < -0.3 is 10.2 Å². The summed E-state index contributed by atoms with van der Waals surface area (Å²) in [5, 5.41) is 3.23. The van der Waals surface area contributed by atoms with Crippen molar-refractivity contribution < 1.29 is 18.0 Å². The van der Waals surface area contributed by atoms with Crippen LogP contribution in [0.5, 0.6) is 0 Å². The van der Waals surface area contributed by atoms with Crippen LogP contribution in [0.15, 0.2) is 36.5 Å². The van der Waals surface area contributed by atoms with Gasteiger partial charge in [-0.1, -0.05) is 23.2 Å². The van der Waals surface area contributed by atoms with Gasteiger partial charge >= 0.3 is 6.18 Å². The summed E-state index contributed by atoms with van der Waals surface area (Å²) >= 11 is 11.7. The minimum Gasteiger partial charge on any atom is -0.354 e. The van der Waals surface area contributed by atoms with Gasteiger partial charge in [0.15, 0.2) is 0 Å². The van der Waals surface area contributed by atoms with Crippen molar-refractivity contribution in [3.8, 4) is 0 Å². The van der Waals surface area contributed by atoms with Crippen molar-refractivity contribution in [2.24, 2.45) is 5.92 Å². The van der Waals surface area contributed by atoms with Gasteiger partial charge in [-0.15, -0.1) is 0 Å². The van der Waals surface area contributed by atoms with Gasteiger partial charge in [0.05, 0.1) is 16.5 Å². The number of rotatable bonds is 3. The number of halogens is 5. The van der Waals surface area contributed by atoms with E-state index < -0.39 is 11.7 Å². The van der Waals surface area contributed by atoms with Crippen molar-refractivity contribution in [2.75, 3.05) is 23.3 Å². The van der Waals surface area contributed by atoms with Crippen molar-refractivity contribution in [2.45, 2.75) is 6.18 Å². The van der Waals surface area contributed by atoms with Crippen molar-refractivity contribution in [1.29, 1.82) is 0 Å². The Morgan fingerprint density at radius 1 is 1.20 bits per heavy atom. The summed E-state index contributed by atoms with van der Waals surface area (Å²) in [6.45, 7) is 0.662. The Balaban J connectivity index is 1.60. The van der Waals surface area contributed by atoms with Gasteiger partial charge in [-0.3, -0.25) is 4.79 Å². The maximum atomic E-state index is 12.6. The molecule has 0 unspecified atom stereocenters. The zero-order chi connectivity index (χ0) is 18.2. The molecule has 3 rings (SSSR count). The zero-order valence-corrected chi connectivity index (χ0v) is 14.2. The monoisotopic (exact) mass is 389 g/mol. The molecule has 1 amide bonds. The van der Waals surface area contributed by atoms with Crippen LogP contribution in [0.3, 0.4) is 0 Å². The molecule has 0 saturated carbocycles. The molecule has 0 aliphatic carbocycles. The summed E-state index contributed by atoms with van der Waals surface area (Å²) in [5.41, 5.74) is -0.280. The van der Waals surface area contributed by atoms with Crippen molar-refractivity contribution >= 4 is 40.6 Å². The normalized spacial score (nSPS) is 15.0. The predicted molar refractivity (Wildman–Crippen MR) is 90.0 cm³/mol. The molecule has 2 aromatic rings. The van der Waals surface area contributed by atoms with Crippen LogP contribution in [0.25, 0.3) is 0 Å². The van der Waals surface area contributed by atoms with Gasteiger partial charge in [-0.25, -0.2) is 4.98 Å². The number of pyridine rings is 1. The number of nitrogens with zero attached hydrogens (tertiary/aromatic N) is 2. The van der Waals surface area contributed by atoms with Crippen LogP contribution < -0.4 is 10.2 Å². The first-order valence-electron chi connectivity index (χ1n) is 7.28. The summed E-state index contributed by atoms with van der Waals surface area (Å²) in [4.78, 5) is 17.6. The first kappa shape index (κ1) is 17.8. The molecule has 1 aromatic heterocycles. The van der Waals surface area contributed by atoms with E-state index in [0.29, 0.717) is 23.8 Å². The number of hydrogen-bond donors (Lipinski definition) is 1. The van der Waals surface area contributed by atoms with Gasteiger partial charge in [0, 0.05) is 30.0 Å². The zero-order valence-electron chi connectivity index (χ0n) is 12.6. The molecule has 25 heavy (non-hydrogen) atoms. The summed E-state index contributed by atoms with van der Waals surface area (Å²) < 4.78 is 37.9. The van der Waals surface area contributed by atoms with E-state index in [1.165, 1.54) is 0 Å². The molecule has 1 N–H and O–H groups in total. The first-order valence-corrected chi connectivity index (χ1v) is 8.04. The van der Waals surface area contributed by atoms with Crippen LogP contribution in [0.2, 0.25) is 10.0 Å².